The van der Waals surface area contributed by atoms with Gasteiger partial charge in [-0.25, -0.2) is 4.79 Å². The number of esters is 1. The lowest BCUT2D eigenvalue weighted by atomic mass is 10.1. The fraction of sp³-hybridized carbons (Fsp3) is 0.182. The van der Waals surface area contributed by atoms with Crippen LogP contribution in [0.1, 0.15) is 22.1 Å². The lowest BCUT2D eigenvalue weighted by Gasteiger charge is -1.97. The van der Waals surface area contributed by atoms with Crippen LogP contribution < -0.4 is 0 Å². The molecule has 1 heterocycles. The summed E-state index contributed by atoms with van der Waals surface area (Å²) in [5.41, 5.74) is 0.810. The number of carbonyl (C=O) groups is 1. The van der Waals surface area contributed by atoms with Gasteiger partial charge in [0.2, 0.25) is 5.89 Å². The predicted octanol–water partition coefficient (Wildman–Crippen LogP) is 1.15. The first-order valence-corrected chi connectivity index (χ1v) is 4.87. The van der Waals surface area contributed by atoms with Crippen LogP contribution in [0.15, 0.2) is 28.7 Å². The second kappa shape index (κ2) is 4.65. The SMILES string of the molecule is COC(=O)c1nnc(Cc2cccc(O)c2)o1. The van der Waals surface area contributed by atoms with Gasteiger partial charge in [-0.1, -0.05) is 12.1 Å². The van der Waals surface area contributed by atoms with E-state index >= 15 is 0 Å². The number of hydrogen-bond acceptors (Lipinski definition) is 6. The number of rotatable bonds is 3. The smallest absolute Gasteiger partial charge is 0.396 e. The summed E-state index contributed by atoms with van der Waals surface area (Å²) in [6, 6.07) is 6.67. The molecule has 17 heavy (non-hydrogen) atoms. The molecule has 1 N–H and O–H groups in total. The minimum absolute atomic E-state index is 0.162. The Labute approximate surface area is 96.9 Å². The molecule has 6 nitrogen and oxygen atoms in total. The molecule has 1 aromatic heterocycles. The number of carbonyl (C=O) groups excluding carboxylic acids is 1. The van der Waals surface area contributed by atoms with Gasteiger partial charge in [0, 0.05) is 0 Å². The summed E-state index contributed by atoms with van der Waals surface area (Å²) in [6.07, 6.45) is 0.346. The summed E-state index contributed by atoms with van der Waals surface area (Å²) in [7, 11) is 1.24. The van der Waals surface area contributed by atoms with Crippen molar-refractivity contribution in [1.29, 1.82) is 0 Å². The van der Waals surface area contributed by atoms with E-state index in [9.17, 15) is 9.90 Å². The molecule has 0 aliphatic rings. The summed E-state index contributed by atoms with van der Waals surface area (Å²) in [6.45, 7) is 0. The Bertz CT molecular complexity index is 536. The number of phenols is 1. The maximum absolute atomic E-state index is 11.1. The second-order valence-corrected chi connectivity index (χ2v) is 3.34. The molecular formula is C11H10N2O4. The Morgan fingerprint density at radius 3 is 3.00 bits per heavy atom. The van der Waals surface area contributed by atoms with E-state index < -0.39 is 5.97 Å². The van der Waals surface area contributed by atoms with E-state index in [1.54, 1.807) is 18.2 Å². The Kier molecular flexibility index (Phi) is 3.04. The number of benzene rings is 1. The highest BCUT2D eigenvalue weighted by molar-refractivity contribution is 5.83. The van der Waals surface area contributed by atoms with Crippen molar-refractivity contribution in [3.63, 3.8) is 0 Å². The van der Waals surface area contributed by atoms with Crippen LogP contribution >= 0.6 is 0 Å². The topological polar surface area (TPSA) is 85.5 Å². The van der Waals surface area contributed by atoms with Gasteiger partial charge < -0.3 is 14.3 Å². The van der Waals surface area contributed by atoms with Crippen LogP contribution in [0.4, 0.5) is 0 Å². The van der Waals surface area contributed by atoms with Gasteiger partial charge in [-0.2, -0.15) is 0 Å². The molecule has 0 saturated carbocycles. The normalized spacial score (nSPS) is 10.2. The number of methoxy groups -OCH3 is 1. The predicted molar refractivity (Wildman–Crippen MR) is 56.6 cm³/mol. The zero-order chi connectivity index (χ0) is 12.3. The lowest BCUT2D eigenvalue weighted by molar-refractivity contribution is 0.0554. The van der Waals surface area contributed by atoms with Crippen LogP contribution in [-0.4, -0.2) is 28.4 Å². The molecule has 0 fully saturated rings. The highest BCUT2D eigenvalue weighted by Crippen LogP contribution is 2.14. The maximum Gasteiger partial charge on any atom is 0.396 e. The lowest BCUT2D eigenvalue weighted by Crippen LogP contribution is -2.00. The molecule has 2 aromatic rings. The molecule has 0 spiro atoms. The Hall–Kier alpha value is -2.37. The molecule has 2 rings (SSSR count). The number of phenolic OH excluding ortho intramolecular Hbond substituents is 1. The van der Waals surface area contributed by atoms with Crippen molar-refractivity contribution in [3.8, 4) is 5.75 Å². The van der Waals surface area contributed by atoms with Gasteiger partial charge in [-0.15, -0.1) is 10.2 Å². The van der Waals surface area contributed by atoms with E-state index in [1.165, 1.54) is 7.11 Å². The van der Waals surface area contributed by atoms with Crippen LogP contribution in [0.3, 0.4) is 0 Å². The van der Waals surface area contributed by atoms with Gasteiger partial charge in [-0.3, -0.25) is 0 Å². The minimum Gasteiger partial charge on any atom is -0.508 e. The van der Waals surface area contributed by atoms with E-state index in [0.29, 0.717) is 6.42 Å². The van der Waals surface area contributed by atoms with E-state index in [0.717, 1.165) is 5.56 Å². The van der Waals surface area contributed by atoms with Gasteiger partial charge in [0.15, 0.2) is 0 Å². The van der Waals surface area contributed by atoms with Crippen LogP contribution in [0, 0.1) is 0 Å². The number of nitrogens with zero attached hydrogens (tertiary/aromatic N) is 2. The largest absolute Gasteiger partial charge is 0.508 e. The van der Waals surface area contributed by atoms with E-state index in [-0.39, 0.29) is 17.5 Å². The average molecular weight is 234 g/mol. The molecule has 6 heteroatoms. The molecule has 0 bridgehead atoms. The molecule has 0 unspecified atom stereocenters. The van der Waals surface area contributed by atoms with E-state index in [4.69, 9.17) is 4.42 Å². The number of hydrogen-bond donors (Lipinski definition) is 1. The van der Waals surface area contributed by atoms with Crippen molar-refractivity contribution >= 4 is 5.97 Å². The van der Waals surface area contributed by atoms with Crippen molar-refractivity contribution in [2.45, 2.75) is 6.42 Å². The number of aromatic nitrogens is 2. The highest BCUT2D eigenvalue weighted by atomic mass is 16.5. The van der Waals surface area contributed by atoms with Crippen LogP contribution in [0.25, 0.3) is 0 Å². The quantitative estimate of drug-likeness (QED) is 0.802. The summed E-state index contributed by atoms with van der Waals surface area (Å²) >= 11 is 0. The number of ether oxygens (including phenoxy) is 1. The van der Waals surface area contributed by atoms with Crippen molar-refractivity contribution in [3.05, 3.63) is 41.6 Å². The zero-order valence-electron chi connectivity index (χ0n) is 9.08. The first kappa shape index (κ1) is 11.1. The van der Waals surface area contributed by atoms with Crippen LogP contribution in [0.2, 0.25) is 0 Å². The molecule has 0 aliphatic carbocycles. The molecule has 0 radical (unpaired) electrons. The summed E-state index contributed by atoms with van der Waals surface area (Å²) in [4.78, 5) is 11.1. The average Bonchev–Trinajstić information content (AvgIpc) is 2.76. The van der Waals surface area contributed by atoms with Gasteiger partial charge in [0.1, 0.15) is 5.75 Å². The molecule has 0 aliphatic heterocycles. The molecule has 0 saturated heterocycles. The second-order valence-electron chi connectivity index (χ2n) is 3.34. The highest BCUT2D eigenvalue weighted by Gasteiger charge is 2.15. The molecular weight excluding hydrogens is 224 g/mol. The first-order chi connectivity index (χ1) is 8.19. The van der Waals surface area contributed by atoms with Gasteiger partial charge in [0.25, 0.3) is 0 Å². The molecule has 88 valence electrons. The fourth-order valence-electron chi connectivity index (χ4n) is 1.34. The van der Waals surface area contributed by atoms with Crippen molar-refractivity contribution < 1.29 is 19.1 Å². The third kappa shape index (κ3) is 2.60. The Morgan fingerprint density at radius 1 is 1.47 bits per heavy atom. The van der Waals surface area contributed by atoms with E-state index in [1.807, 2.05) is 6.07 Å². The van der Waals surface area contributed by atoms with Crippen molar-refractivity contribution in [2.75, 3.05) is 7.11 Å². The van der Waals surface area contributed by atoms with Crippen molar-refractivity contribution in [2.24, 2.45) is 0 Å². The van der Waals surface area contributed by atoms with Gasteiger partial charge in [0.05, 0.1) is 13.5 Å². The van der Waals surface area contributed by atoms with Gasteiger partial charge >= 0.3 is 11.9 Å². The van der Waals surface area contributed by atoms with Crippen LogP contribution in [0.5, 0.6) is 5.75 Å². The van der Waals surface area contributed by atoms with Gasteiger partial charge in [-0.05, 0) is 17.7 Å². The minimum atomic E-state index is -0.667. The Morgan fingerprint density at radius 2 is 2.29 bits per heavy atom. The molecule has 0 atom stereocenters. The standard InChI is InChI=1S/C11H10N2O4/c1-16-11(15)10-13-12-9(17-10)6-7-3-2-4-8(14)5-7/h2-5,14H,6H2,1H3. The summed E-state index contributed by atoms with van der Waals surface area (Å²) in [5.74, 6) is -0.395. The maximum atomic E-state index is 11.1. The third-order valence-corrected chi connectivity index (χ3v) is 2.09. The number of aromatic hydroxyl groups is 1. The van der Waals surface area contributed by atoms with Crippen molar-refractivity contribution in [1.82, 2.24) is 10.2 Å². The van der Waals surface area contributed by atoms with E-state index in [2.05, 4.69) is 14.9 Å². The summed E-state index contributed by atoms with van der Waals surface area (Å²) < 4.78 is 9.55. The first-order valence-electron chi connectivity index (χ1n) is 4.87. The van der Waals surface area contributed by atoms with Crippen LogP contribution in [-0.2, 0) is 11.2 Å². The third-order valence-electron chi connectivity index (χ3n) is 2.09. The fourth-order valence-corrected chi connectivity index (χ4v) is 1.34. The zero-order valence-corrected chi connectivity index (χ0v) is 9.08. The monoisotopic (exact) mass is 234 g/mol. The Balaban J connectivity index is 2.14. The summed E-state index contributed by atoms with van der Waals surface area (Å²) in [5, 5.41) is 16.5. The molecule has 1 aromatic carbocycles. The molecule has 0 amide bonds.